The van der Waals surface area contributed by atoms with Gasteiger partial charge in [-0.15, -0.1) is 11.3 Å². The van der Waals surface area contributed by atoms with Crippen LogP contribution in [-0.4, -0.2) is 16.5 Å². The molecule has 0 saturated heterocycles. The van der Waals surface area contributed by atoms with E-state index in [1.165, 1.54) is 5.56 Å². The van der Waals surface area contributed by atoms with Gasteiger partial charge in [-0.05, 0) is 18.1 Å². The lowest BCUT2D eigenvalue weighted by molar-refractivity contribution is 1.00. The highest BCUT2D eigenvalue weighted by Crippen LogP contribution is 2.16. The number of pyridine rings is 1. The maximum absolute atomic E-state index is 5.52. The molecule has 0 amide bonds. The first kappa shape index (κ1) is 11.0. The molecule has 0 atom stereocenters. The summed E-state index contributed by atoms with van der Waals surface area (Å²) < 4.78 is 0. The standard InChI is InChI=1S/C11H14N4S/c12-6-10-8-15-11(16-10)14-5-3-9-2-1-4-13-7-9/h1-2,4,7-8H,3,5-6,12H2,(H,14,15). The second kappa shape index (κ2) is 5.58. The summed E-state index contributed by atoms with van der Waals surface area (Å²) in [6.07, 6.45) is 6.43. The van der Waals surface area contributed by atoms with Gasteiger partial charge >= 0.3 is 0 Å². The van der Waals surface area contributed by atoms with Crippen LogP contribution in [0.2, 0.25) is 0 Å². The minimum atomic E-state index is 0.557. The van der Waals surface area contributed by atoms with E-state index in [1.54, 1.807) is 17.5 Å². The molecular weight excluding hydrogens is 220 g/mol. The van der Waals surface area contributed by atoms with E-state index in [0.29, 0.717) is 6.54 Å². The van der Waals surface area contributed by atoms with Crippen LogP contribution in [0.25, 0.3) is 0 Å². The van der Waals surface area contributed by atoms with E-state index in [9.17, 15) is 0 Å². The fraction of sp³-hybridized carbons (Fsp3) is 0.273. The third-order valence-electron chi connectivity index (χ3n) is 2.17. The molecule has 2 aromatic rings. The molecule has 3 N–H and O–H groups in total. The zero-order valence-corrected chi connectivity index (χ0v) is 9.70. The monoisotopic (exact) mass is 234 g/mol. The summed E-state index contributed by atoms with van der Waals surface area (Å²) in [5.41, 5.74) is 6.74. The van der Waals surface area contributed by atoms with Crippen LogP contribution in [0, 0.1) is 0 Å². The van der Waals surface area contributed by atoms with Crippen molar-refractivity contribution in [3.63, 3.8) is 0 Å². The number of hydrogen-bond donors (Lipinski definition) is 2. The molecular formula is C11H14N4S. The highest BCUT2D eigenvalue weighted by Gasteiger charge is 1.99. The molecule has 0 fully saturated rings. The van der Waals surface area contributed by atoms with Gasteiger partial charge in [0.25, 0.3) is 0 Å². The minimum Gasteiger partial charge on any atom is -0.361 e. The smallest absolute Gasteiger partial charge is 0.182 e. The molecule has 84 valence electrons. The van der Waals surface area contributed by atoms with Crippen molar-refractivity contribution in [2.75, 3.05) is 11.9 Å². The summed E-state index contributed by atoms with van der Waals surface area (Å²) in [6, 6.07) is 4.02. The molecule has 0 spiro atoms. The number of nitrogens with one attached hydrogen (secondary N) is 1. The van der Waals surface area contributed by atoms with Crippen LogP contribution in [-0.2, 0) is 13.0 Å². The molecule has 2 heterocycles. The van der Waals surface area contributed by atoms with Crippen molar-refractivity contribution >= 4 is 16.5 Å². The van der Waals surface area contributed by atoms with Crippen molar-refractivity contribution in [2.45, 2.75) is 13.0 Å². The summed E-state index contributed by atoms with van der Waals surface area (Å²) >= 11 is 1.61. The number of rotatable bonds is 5. The van der Waals surface area contributed by atoms with Crippen molar-refractivity contribution in [1.29, 1.82) is 0 Å². The Hall–Kier alpha value is -1.46. The van der Waals surface area contributed by atoms with Gasteiger partial charge < -0.3 is 11.1 Å². The maximum Gasteiger partial charge on any atom is 0.182 e. The molecule has 0 aromatic carbocycles. The first-order chi connectivity index (χ1) is 7.88. The Morgan fingerprint density at radius 3 is 3.00 bits per heavy atom. The minimum absolute atomic E-state index is 0.557. The topological polar surface area (TPSA) is 63.8 Å². The molecule has 0 unspecified atom stereocenters. The second-order valence-corrected chi connectivity index (χ2v) is 4.49. The predicted molar refractivity (Wildman–Crippen MR) is 66.4 cm³/mol. The van der Waals surface area contributed by atoms with Crippen LogP contribution in [0.1, 0.15) is 10.4 Å². The number of anilines is 1. The summed E-state index contributed by atoms with van der Waals surface area (Å²) in [5, 5.41) is 4.21. The van der Waals surface area contributed by atoms with E-state index in [4.69, 9.17) is 5.73 Å². The highest BCUT2D eigenvalue weighted by atomic mass is 32.1. The van der Waals surface area contributed by atoms with E-state index in [-0.39, 0.29) is 0 Å². The van der Waals surface area contributed by atoms with E-state index in [1.807, 2.05) is 18.5 Å². The zero-order chi connectivity index (χ0) is 11.2. The number of nitrogens with two attached hydrogens (primary N) is 1. The fourth-order valence-electron chi connectivity index (χ4n) is 1.34. The van der Waals surface area contributed by atoms with E-state index >= 15 is 0 Å². The lowest BCUT2D eigenvalue weighted by Gasteiger charge is -2.01. The van der Waals surface area contributed by atoms with E-state index in [2.05, 4.69) is 21.4 Å². The van der Waals surface area contributed by atoms with Crippen LogP contribution in [0.5, 0.6) is 0 Å². The molecule has 0 radical (unpaired) electrons. The van der Waals surface area contributed by atoms with Gasteiger partial charge in [-0.3, -0.25) is 4.98 Å². The number of aromatic nitrogens is 2. The maximum atomic E-state index is 5.52. The third-order valence-corrected chi connectivity index (χ3v) is 3.14. The van der Waals surface area contributed by atoms with Gasteiger partial charge in [0.05, 0.1) is 0 Å². The molecule has 0 bridgehead atoms. The Morgan fingerprint density at radius 1 is 1.38 bits per heavy atom. The van der Waals surface area contributed by atoms with Crippen molar-refractivity contribution in [1.82, 2.24) is 9.97 Å². The lowest BCUT2D eigenvalue weighted by atomic mass is 10.2. The van der Waals surface area contributed by atoms with Gasteiger partial charge in [-0.25, -0.2) is 4.98 Å². The number of nitrogens with zero attached hydrogens (tertiary/aromatic N) is 2. The predicted octanol–water partition coefficient (Wildman–Crippen LogP) is 1.65. The van der Waals surface area contributed by atoms with Gasteiger partial charge in [0.2, 0.25) is 0 Å². The second-order valence-electron chi connectivity index (χ2n) is 3.37. The van der Waals surface area contributed by atoms with Gasteiger partial charge in [-0.1, -0.05) is 6.07 Å². The largest absolute Gasteiger partial charge is 0.361 e. The third kappa shape index (κ3) is 3.01. The number of hydrogen-bond acceptors (Lipinski definition) is 5. The SMILES string of the molecule is NCc1cnc(NCCc2cccnc2)s1. The Kier molecular flexibility index (Phi) is 3.85. The van der Waals surface area contributed by atoms with Crippen LogP contribution < -0.4 is 11.1 Å². The Balaban J connectivity index is 1.80. The van der Waals surface area contributed by atoms with Crippen molar-refractivity contribution in [2.24, 2.45) is 5.73 Å². The summed E-state index contributed by atoms with van der Waals surface area (Å²) in [6.45, 7) is 1.42. The molecule has 0 aliphatic carbocycles. The molecule has 0 aliphatic heterocycles. The summed E-state index contributed by atoms with van der Waals surface area (Å²) in [4.78, 5) is 9.40. The molecule has 0 aliphatic rings. The van der Waals surface area contributed by atoms with Gasteiger partial charge in [0.1, 0.15) is 0 Å². The van der Waals surface area contributed by atoms with Crippen molar-refractivity contribution in [3.05, 3.63) is 41.2 Å². The molecule has 0 saturated carbocycles. The molecule has 5 heteroatoms. The number of thiazole rings is 1. The van der Waals surface area contributed by atoms with Crippen LogP contribution in [0.3, 0.4) is 0 Å². The van der Waals surface area contributed by atoms with Gasteiger partial charge in [-0.2, -0.15) is 0 Å². The van der Waals surface area contributed by atoms with Gasteiger partial charge in [0, 0.05) is 36.6 Å². The molecule has 2 aromatic heterocycles. The first-order valence-electron chi connectivity index (χ1n) is 5.16. The lowest BCUT2D eigenvalue weighted by Crippen LogP contribution is -2.04. The normalized spacial score (nSPS) is 10.3. The Labute approximate surface area is 98.6 Å². The van der Waals surface area contributed by atoms with Crippen LogP contribution in [0.15, 0.2) is 30.7 Å². The van der Waals surface area contributed by atoms with E-state index in [0.717, 1.165) is 23.0 Å². The van der Waals surface area contributed by atoms with Crippen LogP contribution >= 0.6 is 11.3 Å². The van der Waals surface area contributed by atoms with Crippen molar-refractivity contribution < 1.29 is 0 Å². The Morgan fingerprint density at radius 2 is 2.31 bits per heavy atom. The zero-order valence-electron chi connectivity index (χ0n) is 8.89. The van der Waals surface area contributed by atoms with Crippen molar-refractivity contribution in [3.8, 4) is 0 Å². The molecule has 16 heavy (non-hydrogen) atoms. The quantitative estimate of drug-likeness (QED) is 0.825. The average molecular weight is 234 g/mol. The van der Waals surface area contributed by atoms with Gasteiger partial charge in [0.15, 0.2) is 5.13 Å². The van der Waals surface area contributed by atoms with Crippen LogP contribution in [0.4, 0.5) is 5.13 Å². The first-order valence-corrected chi connectivity index (χ1v) is 5.97. The fourth-order valence-corrected chi connectivity index (χ4v) is 2.06. The summed E-state index contributed by atoms with van der Waals surface area (Å²) in [7, 11) is 0. The highest BCUT2D eigenvalue weighted by molar-refractivity contribution is 7.15. The average Bonchev–Trinajstić information content (AvgIpc) is 2.78. The molecule has 4 nitrogen and oxygen atoms in total. The Bertz CT molecular complexity index is 427. The summed E-state index contributed by atoms with van der Waals surface area (Å²) in [5.74, 6) is 0. The van der Waals surface area contributed by atoms with E-state index < -0.39 is 0 Å². The molecule has 2 rings (SSSR count).